The van der Waals surface area contributed by atoms with Gasteiger partial charge in [0.15, 0.2) is 0 Å². The molecule has 5 N–H and O–H groups in total. The number of hydrogen-bond donors (Lipinski definition) is 3. The van der Waals surface area contributed by atoms with Crippen molar-refractivity contribution in [1.82, 2.24) is 0 Å². The molecular weight excluding hydrogens is 334 g/mol. The van der Waals surface area contributed by atoms with Gasteiger partial charge in [-0.2, -0.15) is 0 Å². The number of rotatable bonds is 6. The third kappa shape index (κ3) is 4.19. The van der Waals surface area contributed by atoms with Crippen molar-refractivity contribution in [2.45, 2.75) is 25.0 Å². The van der Waals surface area contributed by atoms with Crippen molar-refractivity contribution < 1.29 is 19.1 Å². The summed E-state index contributed by atoms with van der Waals surface area (Å²) in [6.45, 7) is 0.419. The predicted molar refractivity (Wildman–Crippen MR) is 97.1 cm³/mol. The zero-order valence-corrected chi connectivity index (χ0v) is 14.2. The highest BCUT2D eigenvalue weighted by molar-refractivity contribution is 5.96. The number of primary amides is 1. The summed E-state index contributed by atoms with van der Waals surface area (Å²) in [5.41, 5.74) is 11.8. The van der Waals surface area contributed by atoms with E-state index in [1.807, 2.05) is 0 Å². The number of amides is 2. The number of nitrogens with two attached hydrogens (primary N) is 2. The maximum Gasteiger partial charge on any atom is 0.253 e. The van der Waals surface area contributed by atoms with E-state index in [4.69, 9.17) is 20.9 Å². The third-order valence-corrected chi connectivity index (χ3v) is 4.17. The summed E-state index contributed by atoms with van der Waals surface area (Å²) >= 11 is 0. The molecule has 0 aliphatic carbocycles. The normalized spacial score (nSPS) is 19.1. The fourth-order valence-corrected chi connectivity index (χ4v) is 2.79. The number of benzene rings is 2. The van der Waals surface area contributed by atoms with Gasteiger partial charge in [-0.3, -0.25) is 9.59 Å². The quantitative estimate of drug-likeness (QED) is 0.733. The SMILES string of the molecule is NC[C@H]1CC[C@@H](C(=O)Nc2ccc(Oc3ccccc3C(N)=O)cc2)O1. The number of para-hydroxylation sites is 1. The minimum Gasteiger partial charge on any atom is -0.457 e. The fraction of sp³-hybridized carbons (Fsp3) is 0.263. The molecule has 1 aliphatic heterocycles. The number of anilines is 1. The molecule has 0 aromatic heterocycles. The highest BCUT2D eigenvalue weighted by Crippen LogP contribution is 2.26. The molecule has 0 unspecified atom stereocenters. The Hall–Kier alpha value is -2.90. The number of nitrogens with one attached hydrogen (secondary N) is 1. The van der Waals surface area contributed by atoms with Crippen LogP contribution in [0.3, 0.4) is 0 Å². The Kier molecular flexibility index (Phi) is 5.50. The summed E-state index contributed by atoms with van der Waals surface area (Å²) in [5.74, 6) is 0.159. The van der Waals surface area contributed by atoms with E-state index >= 15 is 0 Å². The third-order valence-electron chi connectivity index (χ3n) is 4.17. The highest BCUT2D eigenvalue weighted by Gasteiger charge is 2.29. The zero-order chi connectivity index (χ0) is 18.5. The van der Waals surface area contributed by atoms with E-state index in [0.29, 0.717) is 35.7 Å². The van der Waals surface area contributed by atoms with Crippen LogP contribution in [-0.4, -0.2) is 30.6 Å². The van der Waals surface area contributed by atoms with Crippen molar-refractivity contribution in [3.63, 3.8) is 0 Å². The van der Waals surface area contributed by atoms with Crippen molar-refractivity contribution in [3.8, 4) is 11.5 Å². The van der Waals surface area contributed by atoms with Gasteiger partial charge in [0.25, 0.3) is 11.8 Å². The molecule has 0 bridgehead atoms. The first kappa shape index (κ1) is 17.9. The van der Waals surface area contributed by atoms with E-state index in [2.05, 4.69) is 5.32 Å². The Morgan fingerprint density at radius 1 is 1.12 bits per heavy atom. The molecule has 0 spiro atoms. The lowest BCUT2D eigenvalue weighted by atomic mass is 10.2. The van der Waals surface area contributed by atoms with Gasteiger partial charge in [0.05, 0.1) is 11.7 Å². The molecule has 1 saturated heterocycles. The molecule has 7 heteroatoms. The van der Waals surface area contributed by atoms with Crippen molar-refractivity contribution >= 4 is 17.5 Å². The van der Waals surface area contributed by atoms with Crippen LogP contribution in [0.2, 0.25) is 0 Å². The molecule has 136 valence electrons. The van der Waals surface area contributed by atoms with E-state index < -0.39 is 12.0 Å². The van der Waals surface area contributed by atoms with Crippen LogP contribution in [0.4, 0.5) is 5.69 Å². The molecule has 0 saturated carbocycles. The first-order valence-corrected chi connectivity index (χ1v) is 8.40. The van der Waals surface area contributed by atoms with Crippen LogP contribution in [0, 0.1) is 0 Å². The van der Waals surface area contributed by atoms with Crippen LogP contribution < -0.4 is 21.5 Å². The highest BCUT2D eigenvalue weighted by atomic mass is 16.5. The van der Waals surface area contributed by atoms with E-state index in [-0.39, 0.29) is 12.0 Å². The van der Waals surface area contributed by atoms with Gasteiger partial charge in [0, 0.05) is 12.2 Å². The summed E-state index contributed by atoms with van der Waals surface area (Å²) in [4.78, 5) is 23.6. The van der Waals surface area contributed by atoms with Crippen molar-refractivity contribution in [1.29, 1.82) is 0 Å². The largest absolute Gasteiger partial charge is 0.457 e. The van der Waals surface area contributed by atoms with E-state index in [1.165, 1.54) is 0 Å². The molecule has 1 heterocycles. The summed E-state index contributed by atoms with van der Waals surface area (Å²) in [7, 11) is 0. The van der Waals surface area contributed by atoms with Crippen molar-refractivity contribution in [2.75, 3.05) is 11.9 Å². The Balaban J connectivity index is 1.62. The van der Waals surface area contributed by atoms with Gasteiger partial charge in [-0.05, 0) is 49.2 Å². The first-order chi connectivity index (χ1) is 12.6. The zero-order valence-electron chi connectivity index (χ0n) is 14.2. The average Bonchev–Trinajstić information content (AvgIpc) is 3.13. The standard InChI is InChI=1S/C19H21N3O4/c20-11-14-9-10-17(26-14)19(24)22-12-5-7-13(8-6-12)25-16-4-2-1-3-15(16)18(21)23/h1-8,14,17H,9-11,20H2,(H2,21,23)(H,22,24)/t14-,17+/m1/s1. The fourth-order valence-electron chi connectivity index (χ4n) is 2.79. The van der Waals surface area contributed by atoms with Crippen LogP contribution in [-0.2, 0) is 9.53 Å². The van der Waals surface area contributed by atoms with Gasteiger partial charge in [-0.25, -0.2) is 0 Å². The Labute approximate surface area is 151 Å². The summed E-state index contributed by atoms with van der Waals surface area (Å²) in [6.07, 6.45) is 0.938. The van der Waals surface area contributed by atoms with Gasteiger partial charge in [0.1, 0.15) is 17.6 Å². The number of carbonyl (C=O) groups excluding carboxylic acids is 2. The lowest BCUT2D eigenvalue weighted by Gasteiger charge is -2.13. The first-order valence-electron chi connectivity index (χ1n) is 8.40. The minimum absolute atomic E-state index is 0.0492. The van der Waals surface area contributed by atoms with Gasteiger partial charge < -0.3 is 26.3 Å². The minimum atomic E-state index is -0.558. The number of ether oxygens (including phenoxy) is 2. The van der Waals surface area contributed by atoms with Crippen LogP contribution in [0.15, 0.2) is 48.5 Å². The Morgan fingerprint density at radius 3 is 2.50 bits per heavy atom. The molecule has 7 nitrogen and oxygen atoms in total. The van der Waals surface area contributed by atoms with Crippen LogP contribution >= 0.6 is 0 Å². The molecule has 2 atom stereocenters. The molecule has 3 rings (SSSR count). The number of carbonyl (C=O) groups is 2. The topological polar surface area (TPSA) is 117 Å². The van der Waals surface area contributed by atoms with E-state index in [9.17, 15) is 9.59 Å². The second-order valence-electron chi connectivity index (χ2n) is 6.04. The second kappa shape index (κ2) is 7.99. The Bertz CT molecular complexity index is 792. The maximum atomic E-state index is 12.2. The van der Waals surface area contributed by atoms with Crippen LogP contribution in [0.25, 0.3) is 0 Å². The smallest absolute Gasteiger partial charge is 0.253 e. The van der Waals surface area contributed by atoms with Crippen molar-refractivity contribution in [2.24, 2.45) is 11.5 Å². The molecule has 1 fully saturated rings. The molecular formula is C19H21N3O4. The molecule has 2 aromatic rings. The summed E-state index contributed by atoms with van der Waals surface area (Å²) < 4.78 is 11.3. The van der Waals surface area contributed by atoms with E-state index in [0.717, 1.165) is 6.42 Å². The van der Waals surface area contributed by atoms with Gasteiger partial charge in [-0.1, -0.05) is 12.1 Å². The lowest BCUT2D eigenvalue weighted by molar-refractivity contribution is -0.126. The predicted octanol–water partition coefficient (Wildman–Crippen LogP) is 2.02. The lowest BCUT2D eigenvalue weighted by Crippen LogP contribution is -2.29. The molecule has 0 radical (unpaired) electrons. The van der Waals surface area contributed by atoms with Crippen molar-refractivity contribution in [3.05, 3.63) is 54.1 Å². The van der Waals surface area contributed by atoms with Gasteiger partial charge >= 0.3 is 0 Å². The summed E-state index contributed by atoms with van der Waals surface area (Å²) in [5, 5.41) is 2.81. The van der Waals surface area contributed by atoms with E-state index in [1.54, 1.807) is 48.5 Å². The second-order valence-corrected chi connectivity index (χ2v) is 6.04. The molecule has 1 aliphatic rings. The molecule has 2 amide bonds. The van der Waals surface area contributed by atoms with Gasteiger partial charge in [0.2, 0.25) is 0 Å². The monoisotopic (exact) mass is 355 g/mol. The molecule has 26 heavy (non-hydrogen) atoms. The molecule has 2 aromatic carbocycles. The summed E-state index contributed by atoms with van der Waals surface area (Å²) in [6, 6.07) is 13.6. The maximum absolute atomic E-state index is 12.2. The van der Waals surface area contributed by atoms with Crippen LogP contribution in [0.1, 0.15) is 23.2 Å². The van der Waals surface area contributed by atoms with Gasteiger partial charge in [-0.15, -0.1) is 0 Å². The average molecular weight is 355 g/mol. The van der Waals surface area contributed by atoms with Crippen LogP contribution in [0.5, 0.6) is 11.5 Å². The Morgan fingerprint density at radius 2 is 1.85 bits per heavy atom. The number of hydrogen-bond acceptors (Lipinski definition) is 5.